The van der Waals surface area contributed by atoms with Crippen LogP contribution < -0.4 is 5.32 Å². The third-order valence-electron chi connectivity index (χ3n) is 3.80. The topological polar surface area (TPSA) is 66.5 Å². The fourth-order valence-corrected chi connectivity index (χ4v) is 2.24. The number of imide groups is 1. The van der Waals surface area contributed by atoms with Gasteiger partial charge in [0.05, 0.1) is 6.54 Å². The highest BCUT2D eigenvalue weighted by Crippen LogP contribution is 2.21. The first-order valence-corrected chi connectivity index (χ1v) is 6.62. The summed E-state index contributed by atoms with van der Waals surface area (Å²) in [5, 5.41) is 2.64. The first-order chi connectivity index (χ1) is 9.39. The fourth-order valence-electron chi connectivity index (χ4n) is 2.24. The standard InChI is InChI=1S/C15H18N2O3/c1-4-15(3)13(19)17(14(20)16-15)9-12(18)11-8-6-5-7-10(11)2/h5-8H,4,9H2,1-3H3,(H,16,20). The van der Waals surface area contributed by atoms with Crippen molar-refractivity contribution in [2.24, 2.45) is 0 Å². The smallest absolute Gasteiger partial charge is 0.323 e. The Morgan fingerprint density at radius 1 is 1.30 bits per heavy atom. The van der Waals surface area contributed by atoms with E-state index < -0.39 is 11.6 Å². The maximum atomic E-state index is 12.2. The lowest BCUT2D eigenvalue weighted by molar-refractivity contribution is -0.130. The molecule has 0 spiro atoms. The van der Waals surface area contributed by atoms with E-state index in [1.165, 1.54) is 0 Å². The Hall–Kier alpha value is -2.17. The van der Waals surface area contributed by atoms with Gasteiger partial charge < -0.3 is 5.32 Å². The number of urea groups is 1. The number of rotatable bonds is 4. The zero-order valence-corrected chi connectivity index (χ0v) is 11.9. The predicted octanol–water partition coefficient (Wildman–Crippen LogP) is 1.90. The number of nitrogens with one attached hydrogen (secondary N) is 1. The molecule has 1 fully saturated rings. The Bertz CT molecular complexity index is 582. The number of aryl methyl sites for hydroxylation is 1. The summed E-state index contributed by atoms with van der Waals surface area (Å²) in [6.45, 7) is 5.11. The number of amides is 3. The van der Waals surface area contributed by atoms with Gasteiger partial charge >= 0.3 is 6.03 Å². The molecule has 1 atom stereocenters. The van der Waals surface area contributed by atoms with Gasteiger partial charge in [0.25, 0.3) is 5.91 Å². The Labute approximate surface area is 118 Å². The van der Waals surface area contributed by atoms with Crippen LogP contribution in [-0.4, -0.2) is 34.7 Å². The first kappa shape index (κ1) is 14.2. The molecule has 2 rings (SSSR count). The molecule has 1 aromatic carbocycles. The lowest BCUT2D eigenvalue weighted by Crippen LogP contribution is -2.43. The maximum Gasteiger partial charge on any atom is 0.325 e. The van der Waals surface area contributed by atoms with E-state index in [-0.39, 0.29) is 18.2 Å². The molecule has 1 aromatic rings. The summed E-state index contributed by atoms with van der Waals surface area (Å²) >= 11 is 0. The molecule has 0 saturated carbocycles. The lowest BCUT2D eigenvalue weighted by Gasteiger charge is -2.19. The van der Waals surface area contributed by atoms with Crippen LogP contribution >= 0.6 is 0 Å². The monoisotopic (exact) mass is 274 g/mol. The van der Waals surface area contributed by atoms with Crippen molar-refractivity contribution in [3.05, 3.63) is 35.4 Å². The molecule has 3 amide bonds. The quantitative estimate of drug-likeness (QED) is 0.673. The molecular weight excluding hydrogens is 256 g/mol. The van der Waals surface area contributed by atoms with Crippen molar-refractivity contribution >= 4 is 17.7 Å². The maximum absolute atomic E-state index is 12.2. The van der Waals surface area contributed by atoms with Crippen LogP contribution in [0.1, 0.15) is 36.2 Å². The lowest BCUT2D eigenvalue weighted by atomic mass is 9.99. The summed E-state index contributed by atoms with van der Waals surface area (Å²) in [5.41, 5.74) is 0.476. The summed E-state index contributed by atoms with van der Waals surface area (Å²) in [7, 11) is 0. The molecule has 1 saturated heterocycles. The highest BCUT2D eigenvalue weighted by molar-refractivity contribution is 6.11. The minimum Gasteiger partial charge on any atom is -0.323 e. The van der Waals surface area contributed by atoms with Gasteiger partial charge in [-0.25, -0.2) is 4.79 Å². The Kier molecular flexibility index (Phi) is 3.61. The number of hydrogen-bond donors (Lipinski definition) is 1. The third kappa shape index (κ3) is 2.31. The van der Waals surface area contributed by atoms with E-state index >= 15 is 0 Å². The summed E-state index contributed by atoms with van der Waals surface area (Å²) in [6.07, 6.45) is 0.493. The van der Waals surface area contributed by atoms with Gasteiger partial charge in [-0.1, -0.05) is 31.2 Å². The Balaban J connectivity index is 2.19. The van der Waals surface area contributed by atoms with Crippen molar-refractivity contribution in [3.63, 3.8) is 0 Å². The minimum atomic E-state index is -0.900. The van der Waals surface area contributed by atoms with E-state index in [0.717, 1.165) is 10.5 Å². The number of nitrogens with zero attached hydrogens (tertiary/aromatic N) is 1. The van der Waals surface area contributed by atoms with Gasteiger partial charge in [-0.05, 0) is 25.8 Å². The number of hydrogen-bond acceptors (Lipinski definition) is 3. The second-order valence-electron chi connectivity index (χ2n) is 5.25. The van der Waals surface area contributed by atoms with Crippen LogP contribution in [0.2, 0.25) is 0 Å². The SMILES string of the molecule is CCC1(C)NC(=O)N(CC(=O)c2ccccc2C)C1=O. The second kappa shape index (κ2) is 5.07. The highest BCUT2D eigenvalue weighted by Gasteiger charge is 2.46. The number of benzene rings is 1. The van der Waals surface area contributed by atoms with E-state index in [4.69, 9.17) is 0 Å². The van der Waals surface area contributed by atoms with Gasteiger partial charge in [0.1, 0.15) is 5.54 Å². The highest BCUT2D eigenvalue weighted by atomic mass is 16.2. The molecule has 1 N–H and O–H groups in total. The molecule has 0 bridgehead atoms. The normalized spacial score (nSPS) is 22.1. The third-order valence-corrected chi connectivity index (χ3v) is 3.80. The van der Waals surface area contributed by atoms with Gasteiger partial charge in [0.15, 0.2) is 5.78 Å². The summed E-state index contributed by atoms with van der Waals surface area (Å²) in [5.74, 6) is -0.570. The van der Waals surface area contributed by atoms with Gasteiger partial charge in [-0.2, -0.15) is 0 Å². The van der Waals surface area contributed by atoms with Gasteiger partial charge in [0, 0.05) is 5.56 Å². The van der Waals surface area contributed by atoms with Crippen molar-refractivity contribution in [2.45, 2.75) is 32.7 Å². The number of carbonyl (C=O) groups excluding carboxylic acids is 3. The first-order valence-electron chi connectivity index (χ1n) is 6.62. The number of ketones is 1. The van der Waals surface area contributed by atoms with E-state index in [0.29, 0.717) is 12.0 Å². The molecule has 5 nitrogen and oxygen atoms in total. The second-order valence-corrected chi connectivity index (χ2v) is 5.25. The average molecular weight is 274 g/mol. The van der Waals surface area contributed by atoms with Crippen molar-refractivity contribution in [1.82, 2.24) is 10.2 Å². The van der Waals surface area contributed by atoms with E-state index in [1.54, 1.807) is 19.1 Å². The van der Waals surface area contributed by atoms with Gasteiger partial charge in [-0.15, -0.1) is 0 Å². The predicted molar refractivity (Wildman–Crippen MR) is 74.5 cm³/mol. The summed E-state index contributed by atoms with van der Waals surface area (Å²) in [4.78, 5) is 37.3. The van der Waals surface area contributed by atoms with Crippen LogP contribution in [0.25, 0.3) is 0 Å². The summed E-state index contributed by atoms with van der Waals surface area (Å²) < 4.78 is 0. The molecule has 20 heavy (non-hydrogen) atoms. The summed E-state index contributed by atoms with van der Waals surface area (Å²) in [6, 6.07) is 6.64. The molecule has 1 unspecified atom stereocenters. The largest absolute Gasteiger partial charge is 0.325 e. The number of carbonyl (C=O) groups is 3. The Morgan fingerprint density at radius 3 is 2.50 bits per heavy atom. The van der Waals surface area contributed by atoms with Crippen molar-refractivity contribution < 1.29 is 14.4 Å². The van der Waals surface area contributed by atoms with Crippen LogP contribution in [0.5, 0.6) is 0 Å². The van der Waals surface area contributed by atoms with Crippen LogP contribution in [0.3, 0.4) is 0 Å². The van der Waals surface area contributed by atoms with Crippen LogP contribution in [-0.2, 0) is 4.79 Å². The van der Waals surface area contributed by atoms with Crippen molar-refractivity contribution in [2.75, 3.05) is 6.54 Å². The molecule has 5 heteroatoms. The van der Waals surface area contributed by atoms with Gasteiger partial charge in [0.2, 0.25) is 0 Å². The van der Waals surface area contributed by atoms with Crippen molar-refractivity contribution in [1.29, 1.82) is 0 Å². The number of Topliss-reactive ketones (excluding diaryl/α,β-unsaturated/α-hetero) is 1. The minimum absolute atomic E-state index is 0.217. The van der Waals surface area contributed by atoms with Crippen LogP contribution in [0.4, 0.5) is 4.79 Å². The van der Waals surface area contributed by atoms with E-state index in [2.05, 4.69) is 5.32 Å². The Morgan fingerprint density at radius 2 is 1.95 bits per heavy atom. The van der Waals surface area contributed by atoms with Crippen LogP contribution in [0.15, 0.2) is 24.3 Å². The average Bonchev–Trinajstić information content (AvgIpc) is 2.63. The molecule has 1 heterocycles. The molecule has 1 aliphatic rings. The van der Waals surface area contributed by atoms with Crippen molar-refractivity contribution in [3.8, 4) is 0 Å². The molecule has 0 aliphatic carbocycles. The van der Waals surface area contributed by atoms with E-state index in [9.17, 15) is 14.4 Å². The fraction of sp³-hybridized carbons (Fsp3) is 0.400. The van der Waals surface area contributed by atoms with Crippen LogP contribution in [0, 0.1) is 6.92 Å². The molecular formula is C15H18N2O3. The van der Waals surface area contributed by atoms with Gasteiger partial charge in [-0.3, -0.25) is 14.5 Å². The molecule has 106 valence electrons. The zero-order chi connectivity index (χ0) is 14.9. The van der Waals surface area contributed by atoms with E-state index in [1.807, 2.05) is 26.0 Å². The molecule has 1 aliphatic heterocycles. The zero-order valence-electron chi connectivity index (χ0n) is 11.9. The molecule has 0 aromatic heterocycles. The molecule has 0 radical (unpaired) electrons.